The summed E-state index contributed by atoms with van der Waals surface area (Å²) in [7, 11) is 0. The van der Waals surface area contributed by atoms with Crippen molar-refractivity contribution in [3.05, 3.63) is 22.7 Å². The van der Waals surface area contributed by atoms with E-state index < -0.39 is 0 Å². The summed E-state index contributed by atoms with van der Waals surface area (Å²) in [6.45, 7) is 2.70. The molecule has 1 unspecified atom stereocenters. The molecule has 1 rings (SSSR count). The summed E-state index contributed by atoms with van der Waals surface area (Å²) in [5.41, 5.74) is 7.43. The molecule has 0 aliphatic rings. The van der Waals surface area contributed by atoms with Gasteiger partial charge in [-0.2, -0.15) is 0 Å². The Hall–Kier alpha value is -0.740. The number of nitrogen functional groups attached to an aromatic ring is 1. The molecule has 1 atom stereocenters. The summed E-state index contributed by atoms with van der Waals surface area (Å²) in [5, 5.41) is 12.6. The zero-order chi connectivity index (χ0) is 11.3. The minimum absolute atomic E-state index is 0.231. The van der Waals surface area contributed by atoms with Gasteiger partial charge in [0.15, 0.2) is 0 Å². The number of anilines is 2. The van der Waals surface area contributed by atoms with Crippen molar-refractivity contribution in [2.45, 2.75) is 25.9 Å². The van der Waals surface area contributed by atoms with Crippen molar-refractivity contribution in [2.24, 2.45) is 0 Å². The van der Waals surface area contributed by atoms with E-state index in [1.54, 1.807) is 0 Å². The maximum Gasteiger partial charge on any atom is 0.0585 e. The van der Waals surface area contributed by atoms with Crippen LogP contribution in [0.15, 0.2) is 22.7 Å². The summed E-state index contributed by atoms with van der Waals surface area (Å²) in [6, 6.07) is 5.69. The number of halogens is 1. The first kappa shape index (κ1) is 12.3. The van der Waals surface area contributed by atoms with Crippen molar-refractivity contribution in [3.8, 4) is 0 Å². The Balaban J connectivity index is 2.46. The number of aliphatic hydroxyl groups is 1. The van der Waals surface area contributed by atoms with Crippen LogP contribution in [0, 0.1) is 0 Å². The number of aliphatic hydroxyl groups excluding tert-OH is 1. The highest BCUT2D eigenvalue weighted by atomic mass is 79.9. The predicted octanol–water partition coefficient (Wildman–Crippen LogP) is 2.60. The van der Waals surface area contributed by atoms with E-state index in [1.807, 2.05) is 25.1 Å². The molecule has 0 aliphatic carbocycles. The number of nitrogens with one attached hydrogen (secondary N) is 1. The summed E-state index contributed by atoms with van der Waals surface area (Å²) in [5.74, 6) is 0. The first-order valence-electron chi connectivity index (χ1n) is 5.10. The van der Waals surface area contributed by atoms with Gasteiger partial charge in [-0.05, 0) is 31.0 Å². The highest BCUT2D eigenvalue weighted by molar-refractivity contribution is 9.10. The molecule has 0 aliphatic heterocycles. The summed E-state index contributed by atoms with van der Waals surface area (Å²) >= 11 is 3.39. The Bertz CT molecular complexity index is 317. The van der Waals surface area contributed by atoms with E-state index in [4.69, 9.17) is 5.73 Å². The van der Waals surface area contributed by atoms with Crippen molar-refractivity contribution < 1.29 is 5.11 Å². The number of hydrogen-bond donors (Lipinski definition) is 3. The quantitative estimate of drug-likeness (QED) is 0.723. The van der Waals surface area contributed by atoms with Crippen molar-refractivity contribution in [1.82, 2.24) is 0 Å². The lowest BCUT2D eigenvalue weighted by atomic mass is 10.2. The van der Waals surface area contributed by atoms with Gasteiger partial charge >= 0.3 is 0 Å². The Labute approximate surface area is 98.8 Å². The lowest BCUT2D eigenvalue weighted by Crippen LogP contribution is -2.12. The van der Waals surface area contributed by atoms with E-state index in [0.29, 0.717) is 0 Å². The van der Waals surface area contributed by atoms with Crippen LogP contribution in [0.4, 0.5) is 11.4 Å². The normalized spacial score (nSPS) is 12.5. The van der Waals surface area contributed by atoms with Gasteiger partial charge in [-0.1, -0.05) is 22.9 Å². The van der Waals surface area contributed by atoms with Crippen LogP contribution >= 0.6 is 15.9 Å². The van der Waals surface area contributed by atoms with Crippen LogP contribution in [0.5, 0.6) is 0 Å². The predicted molar refractivity (Wildman–Crippen MR) is 68.0 cm³/mol. The van der Waals surface area contributed by atoms with Crippen LogP contribution < -0.4 is 11.1 Å². The van der Waals surface area contributed by atoms with E-state index in [1.165, 1.54) is 0 Å². The zero-order valence-corrected chi connectivity index (χ0v) is 10.4. The molecular formula is C11H17BrN2O. The third kappa shape index (κ3) is 4.10. The molecule has 0 aromatic heterocycles. The number of hydrogen-bond acceptors (Lipinski definition) is 3. The van der Waals surface area contributed by atoms with Gasteiger partial charge in [0.1, 0.15) is 0 Å². The molecule has 4 heteroatoms. The van der Waals surface area contributed by atoms with Gasteiger partial charge in [-0.15, -0.1) is 0 Å². The molecular weight excluding hydrogens is 256 g/mol. The second-order valence-corrected chi connectivity index (χ2v) is 4.42. The Morgan fingerprint density at radius 1 is 1.53 bits per heavy atom. The van der Waals surface area contributed by atoms with Crippen molar-refractivity contribution in [2.75, 3.05) is 17.6 Å². The van der Waals surface area contributed by atoms with Crippen molar-refractivity contribution in [3.63, 3.8) is 0 Å². The third-order valence-electron chi connectivity index (χ3n) is 2.28. The molecule has 4 N–H and O–H groups in total. The topological polar surface area (TPSA) is 58.3 Å². The molecule has 0 saturated heterocycles. The highest BCUT2D eigenvalue weighted by Crippen LogP contribution is 2.23. The Morgan fingerprint density at radius 3 is 2.93 bits per heavy atom. The molecule has 1 aromatic rings. The van der Waals surface area contributed by atoms with Gasteiger partial charge in [0.2, 0.25) is 0 Å². The molecule has 0 bridgehead atoms. The maximum absolute atomic E-state index is 9.38. The molecule has 0 spiro atoms. The lowest BCUT2D eigenvalue weighted by molar-refractivity contribution is 0.164. The second kappa shape index (κ2) is 5.98. The molecule has 0 saturated carbocycles. The third-order valence-corrected chi connectivity index (χ3v) is 2.77. The molecule has 15 heavy (non-hydrogen) atoms. The van der Waals surface area contributed by atoms with Crippen LogP contribution in [0.25, 0.3) is 0 Å². The Kier molecular flexibility index (Phi) is 4.91. The largest absolute Gasteiger partial charge is 0.397 e. The molecule has 0 fully saturated rings. The highest BCUT2D eigenvalue weighted by Gasteiger charge is 2.02. The van der Waals surface area contributed by atoms with E-state index in [9.17, 15) is 5.11 Å². The summed E-state index contributed by atoms with van der Waals surface area (Å²) in [6.07, 6.45) is 1.30. The fourth-order valence-corrected chi connectivity index (χ4v) is 1.62. The summed E-state index contributed by atoms with van der Waals surface area (Å²) in [4.78, 5) is 0. The van der Waals surface area contributed by atoms with Crippen molar-refractivity contribution >= 4 is 27.3 Å². The fraction of sp³-hybridized carbons (Fsp3) is 0.455. The van der Waals surface area contributed by atoms with Gasteiger partial charge in [0.05, 0.1) is 17.5 Å². The minimum Gasteiger partial charge on any atom is -0.397 e. The molecule has 1 aromatic carbocycles. The minimum atomic E-state index is -0.231. The van der Waals surface area contributed by atoms with Crippen LogP contribution in [-0.4, -0.2) is 17.8 Å². The first-order chi connectivity index (χ1) is 7.13. The zero-order valence-electron chi connectivity index (χ0n) is 8.83. The van der Waals surface area contributed by atoms with Crippen LogP contribution in [0.1, 0.15) is 19.8 Å². The van der Waals surface area contributed by atoms with Crippen LogP contribution in [0.3, 0.4) is 0 Å². The van der Waals surface area contributed by atoms with Crippen LogP contribution in [-0.2, 0) is 0 Å². The first-order valence-corrected chi connectivity index (χ1v) is 5.89. The second-order valence-electron chi connectivity index (χ2n) is 3.51. The number of nitrogens with two attached hydrogens (primary N) is 1. The average Bonchev–Trinajstić information content (AvgIpc) is 2.23. The van der Waals surface area contributed by atoms with Gasteiger partial charge in [-0.25, -0.2) is 0 Å². The van der Waals surface area contributed by atoms with Gasteiger partial charge in [0, 0.05) is 11.0 Å². The van der Waals surface area contributed by atoms with Gasteiger partial charge in [0.25, 0.3) is 0 Å². The van der Waals surface area contributed by atoms with E-state index in [-0.39, 0.29) is 6.10 Å². The average molecular weight is 273 g/mol. The molecule has 0 heterocycles. The van der Waals surface area contributed by atoms with Crippen LogP contribution in [0.2, 0.25) is 0 Å². The lowest BCUT2D eigenvalue weighted by Gasteiger charge is -2.11. The van der Waals surface area contributed by atoms with E-state index in [0.717, 1.165) is 35.2 Å². The molecule has 3 nitrogen and oxygen atoms in total. The molecule has 84 valence electrons. The van der Waals surface area contributed by atoms with E-state index in [2.05, 4.69) is 21.2 Å². The standard InChI is InChI=1S/C11H17BrN2O/c1-2-9(15)5-6-14-11-7-8(12)3-4-10(11)13/h3-4,7,9,14-15H,2,5-6,13H2,1H3. The molecule has 0 amide bonds. The maximum atomic E-state index is 9.38. The SMILES string of the molecule is CCC(O)CCNc1cc(Br)ccc1N. The fourth-order valence-electron chi connectivity index (χ4n) is 1.26. The smallest absolute Gasteiger partial charge is 0.0585 e. The van der Waals surface area contributed by atoms with Gasteiger partial charge < -0.3 is 16.2 Å². The van der Waals surface area contributed by atoms with Gasteiger partial charge in [-0.3, -0.25) is 0 Å². The monoisotopic (exact) mass is 272 g/mol. The Morgan fingerprint density at radius 2 is 2.27 bits per heavy atom. The van der Waals surface area contributed by atoms with E-state index >= 15 is 0 Å². The van der Waals surface area contributed by atoms with Crippen molar-refractivity contribution in [1.29, 1.82) is 0 Å². The summed E-state index contributed by atoms with van der Waals surface area (Å²) < 4.78 is 0.996. The molecule has 0 radical (unpaired) electrons. The number of benzene rings is 1. The number of rotatable bonds is 5.